The molecule has 2 aromatic rings. The molecule has 0 bridgehead atoms. The van der Waals surface area contributed by atoms with Gasteiger partial charge in [-0.3, -0.25) is 0 Å². The zero-order chi connectivity index (χ0) is 12.5. The molecule has 1 heterocycles. The van der Waals surface area contributed by atoms with Crippen LogP contribution in [0.1, 0.15) is 39.6 Å². The Bertz CT molecular complexity index is 547. The molecule has 1 aromatic carbocycles. The summed E-state index contributed by atoms with van der Waals surface area (Å²) >= 11 is 9.31. The van der Waals surface area contributed by atoms with Crippen molar-refractivity contribution in [2.45, 2.75) is 30.0 Å². The van der Waals surface area contributed by atoms with E-state index in [0.717, 1.165) is 0 Å². The first-order chi connectivity index (χ1) is 8.75. The molecule has 3 rings (SSSR count). The van der Waals surface area contributed by atoms with Crippen LogP contribution in [-0.2, 0) is 6.42 Å². The molecule has 1 aliphatic rings. The van der Waals surface area contributed by atoms with Gasteiger partial charge in [0.15, 0.2) is 0 Å². The van der Waals surface area contributed by atoms with Gasteiger partial charge in [0.1, 0.15) is 0 Å². The average molecular weight is 386 g/mol. The maximum atomic E-state index is 3.92. The van der Waals surface area contributed by atoms with Gasteiger partial charge < -0.3 is 0 Å². The first-order valence-corrected chi connectivity index (χ1v) is 8.75. The van der Waals surface area contributed by atoms with Crippen molar-refractivity contribution >= 4 is 43.2 Å². The molecule has 3 heteroatoms. The summed E-state index contributed by atoms with van der Waals surface area (Å²) in [4.78, 5) is 1.86. The second-order valence-electron chi connectivity index (χ2n) is 4.74. The van der Waals surface area contributed by atoms with E-state index in [1.807, 2.05) is 11.3 Å². The lowest BCUT2D eigenvalue weighted by Crippen LogP contribution is -2.13. The van der Waals surface area contributed by atoms with Crippen molar-refractivity contribution in [1.82, 2.24) is 0 Å². The van der Waals surface area contributed by atoms with Gasteiger partial charge >= 0.3 is 0 Å². The standard InChI is InChI=1S/C15H14Br2S/c16-14-9-8-13(18-14)15(17)12-7-3-5-10-4-1-2-6-11(10)12/h1-2,4,6,8-9,12,15H,3,5,7H2. The van der Waals surface area contributed by atoms with E-state index >= 15 is 0 Å². The molecule has 0 amide bonds. The van der Waals surface area contributed by atoms with Crippen LogP contribution in [-0.4, -0.2) is 0 Å². The minimum absolute atomic E-state index is 0.440. The van der Waals surface area contributed by atoms with Crippen molar-refractivity contribution in [3.05, 3.63) is 56.2 Å². The van der Waals surface area contributed by atoms with Gasteiger partial charge in [-0.1, -0.05) is 40.2 Å². The highest BCUT2D eigenvalue weighted by molar-refractivity contribution is 9.11. The molecule has 1 aliphatic carbocycles. The number of thiophene rings is 1. The summed E-state index contributed by atoms with van der Waals surface area (Å²) in [6, 6.07) is 13.3. The highest BCUT2D eigenvalue weighted by Gasteiger charge is 2.27. The Morgan fingerprint density at radius 3 is 2.78 bits per heavy atom. The van der Waals surface area contributed by atoms with Gasteiger partial charge in [-0.05, 0) is 58.5 Å². The minimum atomic E-state index is 0.440. The van der Waals surface area contributed by atoms with Gasteiger partial charge in [-0.15, -0.1) is 11.3 Å². The largest absolute Gasteiger partial charge is 0.132 e. The van der Waals surface area contributed by atoms with E-state index in [4.69, 9.17) is 0 Å². The molecule has 0 fully saturated rings. The number of hydrogen-bond donors (Lipinski definition) is 0. The number of hydrogen-bond acceptors (Lipinski definition) is 1. The van der Waals surface area contributed by atoms with Crippen molar-refractivity contribution in [2.24, 2.45) is 0 Å². The molecule has 0 saturated carbocycles. The summed E-state index contributed by atoms with van der Waals surface area (Å²) < 4.78 is 1.21. The Kier molecular flexibility index (Phi) is 3.92. The van der Waals surface area contributed by atoms with Crippen LogP contribution in [0.2, 0.25) is 0 Å². The Labute approximate surface area is 129 Å². The minimum Gasteiger partial charge on any atom is -0.132 e. The van der Waals surface area contributed by atoms with Crippen molar-refractivity contribution in [3.8, 4) is 0 Å². The normalized spacial score (nSPS) is 20.4. The van der Waals surface area contributed by atoms with E-state index in [9.17, 15) is 0 Å². The Balaban J connectivity index is 1.94. The van der Waals surface area contributed by atoms with E-state index in [2.05, 4.69) is 68.3 Å². The first-order valence-electron chi connectivity index (χ1n) is 6.23. The lowest BCUT2D eigenvalue weighted by Gasteiger charge is -2.28. The molecule has 18 heavy (non-hydrogen) atoms. The predicted molar refractivity (Wildman–Crippen MR) is 85.8 cm³/mol. The van der Waals surface area contributed by atoms with Crippen LogP contribution in [0.25, 0.3) is 0 Å². The summed E-state index contributed by atoms with van der Waals surface area (Å²) in [6.45, 7) is 0. The van der Waals surface area contributed by atoms with Gasteiger partial charge in [0.2, 0.25) is 0 Å². The molecule has 1 aromatic heterocycles. The van der Waals surface area contributed by atoms with E-state index in [-0.39, 0.29) is 0 Å². The quantitative estimate of drug-likeness (QED) is 0.550. The molecular formula is C15H14Br2S. The third-order valence-corrected chi connectivity index (χ3v) is 6.78. The Hall–Kier alpha value is -0.120. The maximum absolute atomic E-state index is 3.92. The lowest BCUT2D eigenvalue weighted by molar-refractivity contribution is 0.550. The van der Waals surface area contributed by atoms with Crippen LogP contribution in [0.3, 0.4) is 0 Å². The van der Waals surface area contributed by atoms with Crippen molar-refractivity contribution in [2.75, 3.05) is 0 Å². The zero-order valence-corrected chi connectivity index (χ0v) is 13.9. The number of alkyl halides is 1. The van der Waals surface area contributed by atoms with Crippen LogP contribution < -0.4 is 0 Å². The topological polar surface area (TPSA) is 0 Å². The number of aryl methyl sites for hydroxylation is 1. The SMILES string of the molecule is Brc1ccc(C(Br)C2CCCc3ccccc32)s1. The second kappa shape index (κ2) is 5.48. The average Bonchev–Trinajstić information content (AvgIpc) is 2.84. The monoisotopic (exact) mass is 384 g/mol. The van der Waals surface area contributed by atoms with Crippen LogP contribution >= 0.6 is 43.2 Å². The van der Waals surface area contributed by atoms with Gasteiger partial charge in [-0.25, -0.2) is 0 Å². The fourth-order valence-electron chi connectivity index (χ4n) is 2.77. The fraction of sp³-hybridized carbons (Fsp3) is 0.333. The van der Waals surface area contributed by atoms with E-state index in [0.29, 0.717) is 10.7 Å². The molecule has 94 valence electrons. The summed E-state index contributed by atoms with van der Waals surface area (Å²) in [7, 11) is 0. The third-order valence-electron chi connectivity index (χ3n) is 3.63. The van der Waals surface area contributed by atoms with Crippen LogP contribution in [0.4, 0.5) is 0 Å². The molecule has 0 aliphatic heterocycles. The smallest absolute Gasteiger partial charge is 0.0701 e. The number of rotatable bonds is 2. The highest BCUT2D eigenvalue weighted by Crippen LogP contribution is 2.47. The molecule has 0 saturated heterocycles. The molecule has 2 unspecified atom stereocenters. The number of fused-ring (bicyclic) bond motifs is 1. The number of halogens is 2. The maximum Gasteiger partial charge on any atom is 0.0701 e. The molecule has 2 atom stereocenters. The second-order valence-corrected chi connectivity index (χ2v) is 8.22. The molecule has 0 nitrogen and oxygen atoms in total. The van der Waals surface area contributed by atoms with Crippen LogP contribution in [0, 0.1) is 0 Å². The molecule has 0 radical (unpaired) electrons. The Morgan fingerprint density at radius 1 is 1.17 bits per heavy atom. The first kappa shape index (κ1) is 12.9. The Morgan fingerprint density at radius 2 is 2.00 bits per heavy atom. The molecule has 0 N–H and O–H groups in total. The third kappa shape index (κ3) is 2.45. The van der Waals surface area contributed by atoms with Gasteiger partial charge in [0.05, 0.1) is 8.61 Å². The lowest BCUT2D eigenvalue weighted by atomic mass is 9.81. The van der Waals surface area contributed by atoms with Gasteiger partial charge in [-0.2, -0.15) is 0 Å². The van der Waals surface area contributed by atoms with E-state index < -0.39 is 0 Å². The van der Waals surface area contributed by atoms with Crippen molar-refractivity contribution in [1.29, 1.82) is 0 Å². The van der Waals surface area contributed by atoms with Crippen molar-refractivity contribution in [3.63, 3.8) is 0 Å². The zero-order valence-electron chi connectivity index (χ0n) is 9.90. The van der Waals surface area contributed by atoms with Crippen LogP contribution in [0.15, 0.2) is 40.2 Å². The predicted octanol–water partition coefficient (Wildman–Crippen LogP) is 6.07. The van der Waals surface area contributed by atoms with E-state index in [1.54, 1.807) is 0 Å². The van der Waals surface area contributed by atoms with Gasteiger partial charge in [0, 0.05) is 10.8 Å². The van der Waals surface area contributed by atoms with Gasteiger partial charge in [0.25, 0.3) is 0 Å². The van der Waals surface area contributed by atoms with E-state index in [1.165, 1.54) is 39.1 Å². The summed E-state index contributed by atoms with van der Waals surface area (Å²) in [5.41, 5.74) is 3.07. The van der Waals surface area contributed by atoms with Crippen LogP contribution in [0.5, 0.6) is 0 Å². The summed E-state index contributed by atoms with van der Waals surface area (Å²) in [5.74, 6) is 0.612. The molecule has 0 spiro atoms. The number of benzene rings is 1. The van der Waals surface area contributed by atoms with Crippen molar-refractivity contribution < 1.29 is 0 Å². The highest BCUT2D eigenvalue weighted by atomic mass is 79.9. The fourth-order valence-corrected chi connectivity index (χ4v) is 5.22. The molecular weight excluding hydrogens is 372 g/mol. The summed E-state index contributed by atoms with van der Waals surface area (Å²) in [5, 5.41) is 0. The summed E-state index contributed by atoms with van der Waals surface area (Å²) in [6.07, 6.45) is 3.82.